The van der Waals surface area contributed by atoms with Gasteiger partial charge in [0.05, 0.1) is 0 Å². The summed E-state index contributed by atoms with van der Waals surface area (Å²) in [5.41, 5.74) is 0.947. The van der Waals surface area contributed by atoms with Gasteiger partial charge in [-0.15, -0.1) is 0 Å². The molecule has 0 saturated carbocycles. The van der Waals surface area contributed by atoms with Crippen molar-refractivity contribution >= 4 is 11.9 Å². The summed E-state index contributed by atoms with van der Waals surface area (Å²) >= 11 is 0. The Kier molecular flexibility index (Phi) is 3.88. The number of ether oxygens (including phenoxy) is 2. The molecular formula is C11H16O4. The molecule has 0 N–H and O–H groups in total. The summed E-state index contributed by atoms with van der Waals surface area (Å²) in [5, 5.41) is 0. The van der Waals surface area contributed by atoms with Gasteiger partial charge in [-0.05, 0) is 31.4 Å². The van der Waals surface area contributed by atoms with Crippen molar-refractivity contribution in [3.63, 3.8) is 0 Å². The Bertz CT molecular complexity index is 293. The second-order valence-electron chi connectivity index (χ2n) is 3.73. The third-order valence-corrected chi connectivity index (χ3v) is 2.30. The van der Waals surface area contributed by atoms with Gasteiger partial charge in [0.15, 0.2) is 0 Å². The number of esters is 2. The maximum atomic E-state index is 10.8. The first-order valence-corrected chi connectivity index (χ1v) is 5.02. The Balaban J connectivity index is 2.57. The fourth-order valence-electron chi connectivity index (χ4n) is 1.69. The standard InChI is InChI=1S/C11H16O4/c1-7-6-10(14-8(2)12)4-5-11(7)15-9(3)13/h6,10-11H,4-5H2,1-3H3/t10-,11+/m0/s1. The minimum absolute atomic E-state index is 0.158. The summed E-state index contributed by atoms with van der Waals surface area (Å²) in [6.45, 7) is 4.66. The largest absolute Gasteiger partial charge is 0.458 e. The zero-order valence-corrected chi connectivity index (χ0v) is 9.28. The molecule has 4 heteroatoms. The summed E-state index contributed by atoms with van der Waals surface area (Å²) in [4.78, 5) is 21.5. The minimum atomic E-state index is -0.282. The highest BCUT2D eigenvalue weighted by Gasteiger charge is 2.23. The molecule has 0 aromatic heterocycles. The van der Waals surface area contributed by atoms with Crippen molar-refractivity contribution in [1.29, 1.82) is 0 Å². The Morgan fingerprint density at radius 1 is 1.20 bits per heavy atom. The van der Waals surface area contributed by atoms with E-state index in [0.717, 1.165) is 5.57 Å². The third kappa shape index (κ3) is 3.73. The molecule has 0 aromatic rings. The molecule has 0 aliphatic heterocycles. The summed E-state index contributed by atoms with van der Waals surface area (Å²) in [6.07, 6.45) is 2.93. The van der Waals surface area contributed by atoms with E-state index >= 15 is 0 Å². The van der Waals surface area contributed by atoms with Crippen LogP contribution in [-0.4, -0.2) is 24.1 Å². The van der Waals surface area contributed by atoms with Crippen LogP contribution in [0.15, 0.2) is 11.6 Å². The molecule has 0 saturated heterocycles. The van der Waals surface area contributed by atoms with Crippen LogP contribution in [0.5, 0.6) is 0 Å². The molecule has 1 aliphatic rings. The van der Waals surface area contributed by atoms with Gasteiger partial charge < -0.3 is 9.47 Å². The fourth-order valence-corrected chi connectivity index (χ4v) is 1.69. The van der Waals surface area contributed by atoms with E-state index in [1.54, 1.807) is 0 Å². The lowest BCUT2D eigenvalue weighted by atomic mass is 9.95. The lowest BCUT2D eigenvalue weighted by molar-refractivity contribution is -0.149. The molecule has 0 amide bonds. The van der Waals surface area contributed by atoms with Crippen molar-refractivity contribution in [1.82, 2.24) is 0 Å². The molecule has 0 spiro atoms. The lowest BCUT2D eigenvalue weighted by Crippen LogP contribution is -2.27. The number of rotatable bonds is 2. The molecule has 2 atom stereocenters. The maximum absolute atomic E-state index is 10.8. The topological polar surface area (TPSA) is 52.6 Å². The van der Waals surface area contributed by atoms with E-state index in [4.69, 9.17) is 9.47 Å². The van der Waals surface area contributed by atoms with Gasteiger partial charge in [-0.1, -0.05) is 0 Å². The van der Waals surface area contributed by atoms with Crippen LogP contribution >= 0.6 is 0 Å². The Hall–Kier alpha value is -1.32. The Morgan fingerprint density at radius 2 is 1.80 bits per heavy atom. The smallest absolute Gasteiger partial charge is 0.303 e. The highest BCUT2D eigenvalue weighted by atomic mass is 16.5. The zero-order chi connectivity index (χ0) is 11.4. The van der Waals surface area contributed by atoms with E-state index in [0.29, 0.717) is 12.8 Å². The zero-order valence-electron chi connectivity index (χ0n) is 9.28. The van der Waals surface area contributed by atoms with Crippen molar-refractivity contribution in [2.45, 2.75) is 45.8 Å². The summed E-state index contributed by atoms with van der Waals surface area (Å²) in [6, 6.07) is 0. The van der Waals surface area contributed by atoms with Crippen molar-refractivity contribution in [2.24, 2.45) is 0 Å². The van der Waals surface area contributed by atoms with Crippen LogP contribution in [0.3, 0.4) is 0 Å². The van der Waals surface area contributed by atoms with Gasteiger partial charge in [-0.3, -0.25) is 9.59 Å². The molecule has 0 bridgehead atoms. The van der Waals surface area contributed by atoms with Gasteiger partial charge in [-0.25, -0.2) is 0 Å². The van der Waals surface area contributed by atoms with Crippen LogP contribution in [0.4, 0.5) is 0 Å². The monoisotopic (exact) mass is 212 g/mol. The number of carbonyl (C=O) groups is 2. The second kappa shape index (κ2) is 4.96. The van der Waals surface area contributed by atoms with E-state index in [9.17, 15) is 9.59 Å². The maximum Gasteiger partial charge on any atom is 0.303 e. The molecule has 84 valence electrons. The van der Waals surface area contributed by atoms with Gasteiger partial charge in [0.1, 0.15) is 12.2 Å². The van der Waals surface area contributed by atoms with Crippen LogP contribution in [0, 0.1) is 0 Å². The number of carbonyl (C=O) groups excluding carboxylic acids is 2. The van der Waals surface area contributed by atoms with Crippen molar-refractivity contribution in [3.05, 3.63) is 11.6 Å². The predicted octanol–water partition coefficient (Wildman–Crippen LogP) is 1.59. The van der Waals surface area contributed by atoms with Gasteiger partial charge in [0.25, 0.3) is 0 Å². The van der Waals surface area contributed by atoms with Crippen LogP contribution in [0.25, 0.3) is 0 Å². The van der Waals surface area contributed by atoms with Gasteiger partial charge in [-0.2, -0.15) is 0 Å². The first-order valence-electron chi connectivity index (χ1n) is 5.02. The second-order valence-corrected chi connectivity index (χ2v) is 3.73. The lowest BCUT2D eigenvalue weighted by Gasteiger charge is -2.26. The fraction of sp³-hybridized carbons (Fsp3) is 0.636. The number of hydrogen-bond acceptors (Lipinski definition) is 4. The van der Waals surface area contributed by atoms with Crippen LogP contribution < -0.4 is 0 Å². The van der Waals surface area contributed by atoms with Crippen molar-refractivity contribution < 1.29 is 19.1 Å². The SMILES string of the molecule is CC(=O)O[C@@H]1C=C(C)[C@H](OC(C)=O)CC1. The van der Waals surface area contributed by atoms with E-state index in [1.165, 1.54) is 13.8 Å². The third-order valence-electron chi connectivity index (χ3n) is 2.30. The molecule has 1 rings (SSSR count). The molecular weight excluding hydrogens is 196 g/mol. The molecule has 15 heavy (non-hydrogen) atoms. The average Bonchev–Trinajstić information content (AvgIpc) is 2.08. The van der Waals surface area contributed by atoms with Crippen LogP contribution in [-0.2, 0) is 19.1 Å². The molecule has 4 nitrogen and oxygen atoms in total. The number of hydrogen-bond donors (Lipinski definition) is 0. The van der Waals surface area contributed by atoms with Gasteiger partial charge in [0, 0.05) is 13.8 Å². The Morgan fingerprint density at radius 3 is 2.27 bits per heavy atom. The van der Waals surface area contributed by atoms with E-state index in [2.05, 4.69) is 0 Å². The average molecular weight is 212 g/mol. The molecule has 1 aliphatic carbocycles. The van der Waals surface area contributed by atoms with Gasteiger partial charge in [0.2, 0.25) is 0 Å². The first kappa shape index (κ1) is 11.8. The normalized spacial score (nSPS) is 25.4. The molecule has 0 heterocycles. The van der Waals surface area contributed by atoms with Crippen molar-refractivity contribution in [3.8, 4) is 0 Å². The summed E-state index contributed by atoms with van der Waals surface area (Å²) in [5.74, 6) is -0.561. The van der Waals surface area contributed by atoms with Gasteiger partial charge >= 0.3 is 11.9 Å². The highest BCUT2D eigenvalue weighted by molar-refractivity contribution is 5.67. The van der Waals surface area contributed by atoms with Crippen LogP contribution in [0.1, 0.15) is 33.6 Å². The molecule has 0 fully saturated rings. The summed E-state index contributed by atoms with van der Waals surface area (Å²) in [7, 11) is 0. The van der Waals surface area contributed by atoms with Crippen molar-refractivity contribution in [2.75, 3.05) is 0 Å². The first-order chi connectivity index (χ1) is 6.99. The minimum Gasteiger partial charge on any atom is -0.458 e. The van der Waals surface area contributed by atoms with E-state index in [-0.39, 0.29) is 24.1 Å². The molecule has 0 unspecified atom stereocenters. The van der Waals surface area contributed by atoms with E-state index < -0.39 is 0 Å². The molecule has 0 radical (unpaired) electrons. The highest BCUT2D eigenvalue weighted by Crippen LogP contribution is 2.23. The Labute approximate surface area is 89.2 Å². The van der Waals surface area contributed by atoms with Crippen LogP contribution in [0.2, 0.25) is 0 Å². The quantitative estimate of drug-likeness (QED) is 0.515. The molecule has 0 aromatic carbocycles. The summed E-state index contributed by atoms with van der Waals surface area (Å²) < 4.78 is 10.2. The predicted molar refractivity (Wildman–Crippen MR) is 54.1 cm³/mol. The van der Waals surface area contributed by atoms with E-state index in [1.807, 2.05) is 13.0 Å².